The zero-order valence-corrected chi connectivity index (χ0v) is 14.5. The maximum Gasteiger partial charge on any atom is 0.407 e. The summed E-state index contributed by atoms with van der Waals surface area (Å²) in [5.74, 6) is 0.790. The van der Waals surface area contributed by atoms with Crippen molar-refractivity contribution < 1.29 is 14.3 Å². The number of anilines is 1. The minimum Gasteiger partial charge on any atom is -0.495 e. The normalized spacial score (nSPS) is 10.9. The van der Waals surface area contributed by atoms with Gasteiger partial charge in [-0.2, -0.15) is 0 Å². The van der Waals surface area contributed by atoms with E-state index in [1.54, 1.807) is 7.11 Å². The summed E-state index contributed by atoms with van der Waals surface area (Å²) in [6.07, 6.45) is 0.400. The molecular weight excluding hydrogens is 336 g/mol. The smallest absolute Gasteiger partial charge is 0.407 e. The highest BCUT2D eigenvalue weighted by atomic mass is 79.9. The average molecular weight is 359 g/mol. The van der Waals surface area contributed by atoms with Gasteiger partial charge >= 0.3 is 6.09 Å². The molecule has 0 atom stereocenters. The van der Waals surface area contributed by atoms with Crippen LogP contribution in [0.2, 0.25) is 0 Å². The van der Waals surface area contributed by atoms with Crippen LogP contribution in [0, 0.1) is 0 Å². The number of hydrogen-bond acceptors (Lipinski definition) is 4. The topological polar surface area (TPSA) is 59.6 Å². The molecule has 1 aromatic carbocycles. The summed E-state index contributed by atoms with van der Waals surface area (Å²) in [6, 6.07) is 5.78. The lowest BCUT2D eigenvalue weighted by Gasteiger charge is -2.19. The lowest BCUT2D eigenvalue weighted by Crippen LogP contribution is -2.33. The number of benzene rings is 1. The summed E-state index contributed by atoms with van der Waals surface area (Å²) in [6.45, 7) is 6.80. The summed E-state index contributed by atoms with van der Waals surface area (Å²) in [7, 11) is 1.64. The Morgan fingerprint density at radius 3 is 2.62 bits per heavy atom. The summed E-state index contributed by atoms with van der Waals surface area (Å²) in [5, 5.41) is 6.00. The third kappa shape index (κ3) is 7.22. The van der Waals surface area contributed by atoms with E-state index in [4.69, 9.17) is 9.47 Å². The van der Waals surface area contributed by atoms with Gasteiger partial charge in [0.15, 0.2) is 0 Å². The fourth-order valence-electron chi connectivity index (χ4n) is 1.63. The van der Waals surface area contributed by atoms with E-state index in [0.29, 0.717) is 6.54 Å². The van der Waals surface area contributed by atoms with Crippen molar-refractivity contribution in [1.82, 2.24) is 5.32 Å². The Morgan fingerprint density at radius 1 is 1.29 bits per heavy atom. The molecule has 0 bridgehead atoms. The molecule has 0 aromatic heterocycles. The number of amides is 1. The van der Waals surface area contributed by atoms with Crippen molar-refractivity contribution in [2.75, 3.05) is 25.5 Å². The van der Waals surface area contributed by atoms with Gasteiger partial charge in [0.25, 0.3) is 0 Å². The van der Waals surface area contributed by atoms with E-state index in [1.165, 1.54) is 0 Å². The standard InChI is InChI=1S/C15H23BrN2O3/c1-15(2,3)21-14(19)18-9-5-8-17-12-10-11(16)6-7-13(12)20-4/h6-7,10,17H,5,8-9H2,1-4H3,(H,18,19). The number of ether oxygens (including phenoxy) is 2. The van der Waals surface area contributed by atoms with Gasteiger partial charge < -0.3 is 20.1 Å². The van der Waals surface area contributed by atoms with Crippen LogP contribution >= 0.6 is 15.9 Å². The van der Waals surface area contributed by atoms with Gasteiger partial charge in [0.1, 0.15) is 11.4 Å². The molecule has 5 nitrogen and oxygen atoms in total. The summed E-state index contributed by atoms with van der Waals surface area (Å²) >= 11 is 3.43. The minimum atomic E-state index is -0.466. The third-order valence-corrected chi connectivity index (χ3v) is 2.99. The number of hydrogen-bond donors (Lipinski definition) is 2. The number of carbonyl (C=O) groups is 1. The maximum absolute atomic E-state index is 11.5. The zero-order valence-electron chi connectivity index (χ0n) is 13.0. The second-order valence-electron chi connectivity index (χ2n) is 5.55. The predicted octanol–water partition coefficient (Wildman–Crippen LogP) is 3.78. The van der Waals surface area contributed by atoms with Gasteiger partial charge in [0.05, 0.1) is 12.8 Å². The Morgan fingerprint density at radius 2 is 2.00 bits per heavy atom. The molecule has 6 heteroatoms. The Labute approximate surface area is 134 Å². The van der Waals surface area contributed by atoms with E-state index < -0.39 is 5.60 Å². The molecule has 0 heterocycles. The number of alkyl carbamates (subject to hydrolysis) is 1. The van der Waals surface area contributed by atoms with E-state index in [9.17, 15) is 4.79 Å². The first-order valence-corrected chi connectivity index (χ1v) is 7.65. The van der Waals surface area contributed by atoms with Gasteiger partial charge in [-0.25, -0.2) is 4.79 Å². The highest BCUT2D eigenvalue weighted by molar-refractivity contribution is 9.10. The predicted molar refractivity (Wildman–Crippen MR) is 88.0 cm³/mol. The lowest BCUT2D eigenvalue weighted by atomic mass is 10.2. The Bertz CT molecular complexity index is 472. The van der Waals surface area contributed by atoms with Gasteiger partial charge in [0.2, 0.25) is 0 Å². The van der Waals surface area contributed by atoms with Gasteiger partial charge in [-0.1, -0.05) is 15.9 Å². The molecule has 0 radical (unpaired) electrons. The quantitative estimate of drug-likeness (QED) is 0.759. The highest BCUT2D eigenvalue weighted by Gasteiger charge is 2.15. The van der Waals surface area contributed by atoms with Crippen LogP contribution in [0.5, 0.6) is 5.75 Å². The largest absolute Gasteiger partial charge is 0.495 e. The summed E-state index contributed by atoms with van der Waals surface area (Å²) < 4.78 is 11.4. The second kappa shape index (κ2) is 8.12. The molecule has 0 saturated heterocycles. The van der Waals surface area contributed by atoms with Crippen molar-refractivity contribution in [1.29, 1.82) is 0 Å². The van der Waals surface area contributed by atoms with E-state index in [1.807, 2.05) is 39.0 Å². The van der Waals surface area contributed by atoms with Gasteiger partial charge in [-0.3, -0.25) is 0 Å². The zero-order chi connectivity index (χ0) is 15.9. The monoisotopic (exact) mass is 358 g/mol. The molecule has 0 fully saturated rings. The number of methoxy groups -OCH3 is 1. The first kappa shape index (κ1) is 17.6. The number of nitrogens with one attached hydrogen (secondary N) is 2. The third-order valence-electron chi connectivity index (χ3n) is 2.50. The first-order chi connectivity index (χ1) is 9.81. The average Bonchev–Trinajstić information content (AvgIpc) is 2.36. The van der Waals surface area contributed by atoms with Gasteiger partial charge in [-0.05, 0) is 45.4 Å². The molecule has 2 N–H and O–H groups in total. The van der Waals surface area contributed by atoms with Crippen LogP contribution in [0.4, 0.5) is 10.5 Å². The van der Waals surface area contributed by atoms with Crippen molar-refractivity contribution in [2.45, 2.75) is 32.8 Å². The van der Waals surface area contributed by atoms with Crippen LogP contribution in [0.1, 0.15) is 27.2 Å². The van der Waals surface area contributed by atoms with E-state index in [0.717, 1.165) is 28.9 Å². The van der Waals surface area contributed by atoms with Crippen LogP contribution in [0.3, 0.4) is 0 Å². The van der Waals surface area contributed by atoms with Crippen molar-refractivity contribution in [3.05, 3.63) is 22.7 Å². The lowest BCUT2D eigenvalue weighted by molar-refractivity contribution is 0.0528. The Kier molecular flexibility index (Phi) is 6.81. The van der Waals surface area contributed by atoms with Crippen LogP contribution in [0.15, 0.2) is 22.7 Å². The molecule has 0 spiro atoms. The number of halogens is 1. The Balaban J connectivity index is 2.29. The molecule has 118 valence electrons. The molecule has 21 heavy (non-hydrogen) atoms. The van der Waals surface area contributed by atoms with Crippen molar-refractivity contribution in [3.8, 4) is 5.75 Å². The van der Waals surface area contributed by atoms with Gasteiger partial charge in [0, 0.05) is 17.6 Å². The molecule has 0 aliphatic heterocycles. The van der Waals surface area contributed by atoms with E-state index >= 15 is 0 Å². The van der Waals surface area contributed by atoms with E-state index in [2.05, 4.69) is 26.6 Å². The van der Waals surface area contributed by atoms with Crippen molar-refractivity contribution >= 4 is 27.7 Å². The summed E-state index contributed by atoms with van der Waals surface area (Å²) in [5.41, 5.74) is 0.454. The molecule has 1 rings (SSSR count). The fraction of sp³-hybridized carbons (Fsp3) is 0.533. The number of rotatable bonds is 6. The molecule has 0 unspecified atom stereocenters. The summed E-state index contributed by atoms with van der Waals surface area (Å²) in [4.78, 5) is 11.5. The SMILES string of the molecule is COc1ccc(Br)cc1NCCCNC(=O)OC(C)(C)C. The van der Waals surface area contributed by atoms with Crippen molar-refractivity contribution in [3.63, 3.8) is 0 Å². The van der Waals surface area contributed by atoms with Crippen LogP contribution in [-0.4, -0.2) is 31.9 Å². The molecule has 0 aliphatic rings. The first-order valence-electron chi connectivity index (χ1n) is 6.86. The van der Waals surface area contributed by atoms with Crippen molar-refractivity contribution in [2.24, 2.45) is 0 Å². The second-order valence-corrected chi connectivity index (χ2v) is 6.47. The van der Waals surface area contributed by atoms with Crippen LogP contribution in [0.25, 0.3) is 0 Å². The fourth-order valence-corrected chi connectivity index (χ4v) is 2.00. The Hall–Kier alpha value is -1.43. The molecule has 1 amide bonds. The molecule has 1 aromatic rings. The molecule has 0 aliphatic carbocycles. The van der Waals surface area contributed by atoms with Gasteiger partial charge in [-0.15, -0.1) is 0 Å². The van der Waals surface area contributed by atoms with Crippen LogP contribution < -0.4 is 15.4 Å². The van der Waals surface area contributed by atoms with E-state index in [-0.39, 0.29) is 6.09 Å². The molecular formula is C15H23BrN2O3. The maximum atomic E-state index is 11.5. The highest BCUT2D eigenvalue weighted by Crippen LogP contribution is 2.27. The minimum absolute atomic E-state index is 0.387. The number of carbonyl (C=O) groups excluding carboxylic acids is 1. The molecule has 0 saturated carbocycles. The van der Waals surface area contributed by atoms with Crippen LogP contribution in [-0.2, 0) is 4.74 Å².